The first-order chi connectivity index (χ1) is 37.0. The summed E-state index contributed by atoms with van der Waals surface area (Å²) < 4.78 is 16.9. The van der Waals surface area contributed by atoms with Crippen LogP contribution in [-0.2, 0) is 28.6 Å². The molecule has 0 rings (SSSR count). The molecule has 6 heteroatoms. The lowest BCUT2D eigenvalue weighted by molar-refractivity contribution is -0.167. The normalized spacial score (nSPS) is 12.8. The summed E-state index contributed by atoms with van der Waals surface area (Å²) in [6.45, 7) is 6.47. The van der Waals surface area contributed by atoms with E-state index in [1.54, 1.807) is 0 Å². The third-order valence-electron chi connectivity index (χ3n) is 13.3. The van der Waals surface area contributed by atoms with Crippen LogP contribution < -0.4 is 0 Å². The van der Waals surface area contributed by atoms with Crippen molar-refractivity contribution in [2.75, 3.05) is 13.2 Å². The monoisotopic (exact) mass is 1040 g/mol. The van der Waals surface area contributed by atoms with Gasteiger partial charge in [0.1, 0.15) is 13.2 Å². The molecule has 6 nitrogen and oxygen atoms in total. The van der Waals surface area contributed by atoms with Crippen LogP contribution in [0.5, 0.6) is 0 Å². The molecule has 0 aromatic carbocycles. The van der Waals surface area contributed by atoms with Crippen molar-refractivity contribution in [3.63, 3.8) is 0 Å². The van der Waals surface area contributed by atoms with Crippen molar-refractivity contribution in [2.45, 2.75) is 297 Å². The van der Waals surface area contributed by atoms with Crippen molar-refractivity contribution in [1.29, 1.82) is 0 Å². The number of carbonyl (C=O) groups is 3. The summed E-state index contributed by atoms with van der Waals surface area (Å²) in [6.07, 6.45) is 85.1. The molecule has 75 heavy (non-hydrogen) atoms. The van der Waals surface area contributed by atoms with Crippen LogP contribution in [0.4, 0.5) is 0 Å². The average Bonchev–Trinajstić information content (AvgIpc) is 3.41. The highest BCUT2D eigenvalue weighted by Crippen LogP contribution is 2.16. The highest BCUT2D eigenvalue weighted by Gasteiger charge is 2.19. The van der Waals surface area contributed by atoms with Gasteiger partial charge in [0.15, 0.2) is 6.10 Å². The zero-order chi connectivity index (χ0) is 54.3. The van der Waals surface area contributed by atoms with Gasteiger partial charge in [-0.15, -0.1) is 0 Å². The molecule has 428 valence electrons. The van der Waals surface area contributed by atoms with E-state index in [0.29, 0.717) is 19.3 Å². The molecular formula is C69H116O6. The lowest BCUT2D eigenvalue weighted by Gasteiger charge is -2.18. The van der Waals surface area contributed by atoms with Crippen LogP contribution in [-0.4, -0.2) is 37.2 Å². The summed E-state index contributed by atoms with van der Waals surface area (Å²) in [5, 5.41) is 0. The lowest BCUT2D eigenvalue weighted by Crippen LogP contribution is -2.30. The van der Waals surface area contributed by atoms with Crippen LogP contribution in [0, 0.1) is 0 Å². The van der Waals surface area contributed by atoms with E-state index in [-0.39, 0.29) is 31.1 Å². The number of esters is 3. The van der Waals surface area contributed by atoms with Crippen LogP contribution >= 0.6 is 0 Å². The second-order valence-electron chi connectivity index (χ2n) is 20.6. The molecule has 0 aliphatic carbocycles. The van der Waals surface area contributed by atoms with Crippen LogP contribution in [0.2, 0.25) is 0 Å². The van der Waals surface area contributed by atoms with Crippen LogP contribution in [0.3, 0.4) is 0 Å². The maximum absolute atomic E-state index is 12.9. The largest absolute Gasteiger partial charge is 0.462 e. The van der Waals surface area contributed by atoms with Gasteiger partial charge in [0.05, 0.1) is 0 Å². The molecule has 0 aromatic heterocycles. The van der Waals surface area contributed by atoms with E-state index < -0.39 is 6.10 Å². The van der Waals surface area contributed by atoms with E-state index in [2.05, 4.69) is 130 Å². The Labute approximate surface area is 463 Å². The number of ether oxygens (including phenoxy) is 3. The predicted octanol–water partition coefficient (Wildman–Crippen LogP) is 21.4. The van der Waals surface area contributed by atoms with E-state index in [4.69, 9.17) is 14.2 Å². The van der Waals surface area contributed by atoms with Crippen molar-refractivity contribution in [1.82, 2.24) is 0 Å². The van der Waals surface area contributed by atoms with Gasteiger partial charge in [0.2, 0.25) is 0 Å². The van der Waals surface area contributed by atoms with E-state index in [0.717, 1.165) is 135 Å². The first-order valence-electron chi connectivity index (χ1n) is 31.4. The molecule has 0 saturated carbocycles. The topological polar surface area (TPSA) is 78.9 Å². The van der Waals surface area contributed by atoms with Gasteiger partial charge in [-0.3, -0.25) is 14.4 Å². The highest BCUT2D eigenvalue weighted by molar-refractivity contribution is 5.71. The Hall–Kier alpha value is -3.93. The molecule has 0 bridgehead atoms. The number of unbranched alkanes of at least 4 members (excludes halogenated alkanes) is 27. The molecule has 0 fully saturated rings. The molecule has 0 heterocycles. The van der Waals surface area contributed by atoms with Crippen molar-refractivity contribution in [3.8, 4) is 0 Å². The quantitative estimate of drug-likeness (QED) is 0.0261. The molecule has 1 atom stereocenters. The van der Waals surface area contributed by atoms with E-state index in [9.17, 15) is 14.4 Å². The van der Waals surface area contributed by atoms with E-state index >= 15 is 0 Å². The zero-order valence-electron chi connectivity index (χ0n) is 49.0. The smallest absolute Gasteiger partial charge is 0.306 e. The number of allylic oxidation sites excluding steroid dienone is 18. The summed E-state index contributed by atoms with van der Waals surface area (Å²) in [5.41, 5.74) is 0. The Balaban J connectivity index is 4.43. The Morgan fingerprint density at radius 1 is 0.280 bits per heavy atom. The van der Waals surface area contributed by atoms with E-state index in [1.165, 1.54) is 116 Å². The summed E-state index contributed by atoms with van der Waals surface area (Å²) in [6, 6.07) is 0. The van der Waals surface area contributed by atoms with Crippen LogP contribution in [0.15, 0.2) is 109 Å². The number of hydrogen-bond acceptors (Lipinski definition) is 6. The van der Waals surface area contributed by atoms with Gasteiger partial charge >= 0.3 is 17.9 Å². The average molecular weight is 1040 g/mol. The van der Waals surface area contributed by atoms with Gasteiger partial charge in [0.25, 0.3) is 0 Å². The summed E-state index contributed by atoms with van der Waals surface area (Å²) >= 11 is 0. The Morgan fingerprint density at radius 3 is 0.867 bits per heavy atom. The third kappa shape index (κ3) is 60.8. The lowest BCUT2D eigenvalue weighted by atomic mass is 10.0. The summed E-state index contributed by atoms with van der Waals surface area (Å²) in [7, 11) is 0. The highest BCUT2D eigenvalue weighted by atomic mass is 16.6. The fraction of sp³-hybridized carbons (Fsp3) is 0.696. The predicted molar refractivity (Wildman–Crippen MR) is 325 cm³/mol. The fourth-order valence-corrected chi connectivity index (χ4v) is 8.56. The third-order valence-corrected chi connectivity index (χ3v) is 13.3. The minimum atomic E-state index is -0.799. The standard InChI is InChI=1S/C69H116O6/c1-4-7-10-13-16-19-22-25-28-30-32-33-34-35-36-37-38-40-41-44-47-50-53-56-59-62-68(71)74-65-66(64-73-67(70)61-58-55-52-49-46-43-27-24-21-18-15-12-9-6-3)75-69(72)63-60-57-54-51-48-45-42-39-31-29-26-23-20-17-14-11-8-5-2/h7,10,15-16,18-19,24-25,27-28,32-33,35-36,38,40,44,47,66H,4-6,8-9,11-14,17,20-23,26,29-31,34,37,39,41-43,45-46,48-65H2,1-3H3/b10-7-,18-15-,19-16-,27-24-,28-25-,33-32-,36-35-,40-38-,47-44-. The summed E-state index contributed by atoms with van der Waals surface area (Å²) in [4.78, 5) is 38.3. The molecule has 0 N–H and O–H groups in total. The minimum absolute atomic E-state index is 0.0952. The Bertz CT molecular complexity index is 1520. The number of carbonyl (C=O) groups excluding carboxylic acids is 3. The van der Waals surface area contributed by atoms with Crippen LogP contribution in [0.1, 0.15) is 290 Å². The second-order valence-corrected chi connectivity index (χ2v) is 20.6. The molecule has 0 aliphatic heterocycles. The minimum Gasteiger partial charge on any atom is -0.462 e. The van der Waals surface area contributed by atoms with Crippen molar-refractivity contribution >= 4 is 17.9 Å². The SMILES string of the molecule is CC/C=C\C/C=C\C/C=C\C/C=C\C/C=C\C/C=C\C/C=C\CCCCCC(=O)OCC(COC(=O)CCCCCCC/C=C\C/C=C\CCCC)OC(=O)CCCCCCCCCCCCCCCCCCCC. The molecule has 0 radical (unpaired) electrons. The fourth-order valence-electron chi connectivity index (χ4n) is 8.56. The van der Waals surface area contributed by atoms with Gasteiger partial charge in [-0.1, -0.05) is 278 Å². The summed E-state index contributed by atoms with van der Waals surface area (Å²) in [5.74, 6) is -0.934. The first kappa shape index (κ1) is 71.1. The van der Waals surface area contributed by atoms with Gasteiger partial charge in [-0.05, 0) is 103 Å². The molecular weight excluding hydrogens is 925 g/mol. The number of hydrogen-bond donors (Lipinski definition) is 0. The molecule has 0 spiro atoms. The molecule has 0 aromatic rings. The first-order valence-corrected chi connectivity index (χ1v) is 31.4. The van der Waals surface area contributed by atoms with Crippen molar-refractivity contribution < 1.29 is 28.6 Å². The maximum atomic E-state index is 12.9. The van der Waals surface area contributed by atoms with Gasteiger partial charge in [0, 0.05) is 19.3 Å². The van der Waals surface area contributed by atoms with E-state index in [1.807, 2.05) is 0 Å². The number of rotatable bonds is 56. The Morgan fingerprint density at radius 2 is 0.533 bits per heavy atom. The second kappa shape index (κ2) is 62.6. The molecule has 0 amide bonds. The van der Waals surface area contributed by atoms with Crippen LogP contribution in [0.25, 0.3) is 0 Å². The maximum Gasteiger partial charge on any atom is 0.306 e. The van der Waals surface area contributed by atoms with Crippen molar-refractivity contribution in [3.05, 3.63) is 109 Å². The van der Waals surface area contributed by atoms with Crippen molar-refractivity contribution in [2.24, 2.45) is 0 Å². The zero-order valence-corrected chi connectivity index (χ0v) is 49.0. The molecule has 0 aliphatic rings. The van der Waals surface area contributed by atoms with Gasteiger partial charge < -0.3 is 14.2 Å². The Kier molecular flexibility index (Phi) is 59.3. The van der Waals surface area contributed by atoms with Gasteiger partial charge in [-0.25, -0.2) is 0 Å². The van der Waals surface area contributed by atoms with Gasteiger partial charge in [-0.2, -0.15) is 0 Å². The molecule has 1 unspecified atom stereocenters. The molecule has 0 saturated heterocycles.